The number of hydrogen-bond donors (Lipinski definition) is 1. The molecule has 1 saturated carbocycles. The van der Waals surface area contributed by atoms with Gasteiger partial charge in [-0.3, -0.25) is 0 Å². The number of rotatable bonds is 3. The number of nitrogens with one attached hydrogen (secondary N) is 1. The first-order chi connectivity index (χ1) is 7.78. The molecule has 0 saturated heterocycles. The lowest BCUT2D eigenvalue weighted by Gasteiger charge is -2.28. The standard InChI is InChI=1S/C12H18IN3/c1-2-9-3-5-11(6-4-9)16-12-14-7-10(13)8-15-12/h7-9,11H,2-6H2,1H3,(H,14,15,16). The van der Waals surface area contributed by atoms with Gasteiger partial charge in [-0.1, -0.05) is 13.3 Å². The molecule has 3 nitrogen and oxygen atoms in total. The van der Waals surface area contributed by atoms with Crippen LogP contribution in [0.2, 0.25) is 0 Å². The summed E-state index contributed by atoms with van der Waals surface area (Å²) in [6.07, 6.45) is 10.2. The lowest BCUT2D eigenvalue weighted by molar-refractivity contribution is 0.329. The fourth-order valence-corrected chi connectivity index (χ4v) is 2.56. The van der Waals surface area contributed by atoms with Crippen molar-refractivity contribution >= 4 is 28.5 Å². The first-order valence-electron chi connectivity index (χ1n) is 6.02. The van der Waals surface area contributed by atoms with E-state index in [9.17, 15) is 0 Å². The van der Waals surface area contributed by atoms with Gasteiger partial charge in [0.15, 0.2) is 0 Å². The lowest BCUT2D eigenvalue weighted by Crippen LogP contribution is -2.26. The first-order valence-corrected chi connectivity index (χ1v) is 7.10. The predicted molar refractivity (Wildman–Crippen MR) is 74.4 cm³/mol. The Morgan fingerprint density at radius 1 is 1.25 bits per heavy atom. The van der Waals surface area contributed by atoms with Crippen molar-refractivity contribution in [3.8, 4) is 0 Å². The summed E-state index contributed by atoms with van der Waals surface area (Å²) >= 11 is 2.22. The van der Waals surface area contributed by atoms with E-state index in [-0.39, 0.29) is 0 Å². The summed E-state index contributed by atoms with van der Waals surface area (Å²) in [5.74, 6) is 1.72. The van der Waals surface area contributed by atoms with Crippen LogP contribution in [0.4, 0.5) is 5.95 Å². The summed E-state index contributed by atoms with van der Waals surface area (Å²) in [5, 5.41) is 3.43. The van der Waals surface area contributed by atoms with Gasteiger partial charge in [-0.05, 0) is 54.2 Å². The van der Waals surface area contributed by atoms with Gasteiger partial charge in [0.2, 0.25) is 5.95 Å². The van der Waals surface area contributed by atoms with Crippen LogP contribution >= 0.6 is 22.6 Å². The zero-order valence-electron chi connectivity index (χ0n) is 9.62. The van der Waals surface area contributed by atoms with Gasteiger partial charge in [-0.25, -0.2) is 9.97 Å². The fourth-order valence-electron chi connectivity index (χ4n) is 2.28. The van der Waals surface area contributed by atoms with Gasteiger partial charge in [-0.15, -0.1) is 0 Å². The molecule has 0 radical (unpaired) electrons. The molecule has 1 aromatic heterocycles. The highest BCUT2D eigenvalue weighted by Crippen LogP contribution is 2.27. The Morgan fingerprint density at radius 3 is 2.44 bits per heavy atom. The number of hydrogen-bond acceptors (Lipinski definition) is 3. The highest BCUT2D eigenvalue weighted by atomic mass is 127. The van der Waals surface area contributed by atoms with Crippen molar-refractivity contribution in [3.63, 3.8) is 0 Å². The highest BCUT2D eigenvalue weighted by Gasteiger charge is 2.20. The van der Waals surface area contributed by atoms with Crippen LogP contribution in [-0.4, -0.2) is 16.0 Å². The van der Waals surface area contributed by atoms with Crippen molar-refractivity contribution in [1.29, 1.82) is 0 Å². The summed E-state index contributed by atoms with van der Waals surface area (Å²) in [4.78, 5) is 8.56. The molecule has 1 aliphatic carbocycles. The van der Waals surface area contributed by atoms with E-state index < -0.39 is 0 Å². The molecule has 2 rings (SSSR count). The van der Waals surface area contributed by atoms with Crippen LogP contribution in [0.3, 0.4) is 0 Å². The minimum absolute atomic E-state index is 0.572. The van der Waals surface area contributed by atoms with Crippen molar-refractivity contribution in [3.05, 3.63) is 16.0 Å². The van der Waals surface area contributed by atoms with Crippen molar-refractivity contribution in [2.24, 2.45) is 5.92 Å². The Hall–Kier alpha value is -0.390. The predicted octanol–water partition coefficient (Wildman–Crippen LogP) is 3.46. The zero-order chi connectivity index (χ0) is 11.4. The molecular formula is C12H18IN3. The van der Waals surface area contributed by atoms with Crippen LogP contribution < -0.4 is 5.32 Å². The summed E-state index contributed by atoms with van der Waals surface area (Å²) in [7, 11) is 0. The molecule has 0 atom stereocenters. The largest absolute Gasteiger partial charge is 0.351 e. The van der Waals surface area contributed by atoms with E-state index in [0.717, 1.165) is 15.4 Å². The third-order valence-electron chi connectivity index (χ3n) is 3.38. The molecule has 1 aliphatic rings. The van der Waals surface area contributed by atoms with Gasteiger partial charge in [-0.2, -0.15) is 0 Å². The summed E-state index contributed by atoms with van der Waals surface area (Å²) in [6, 6.07) is 0.572. The molecule has 0 amide bonds. The van der Waals surface area contributed by atoms with Crippen molar-refractivity contribution in [2.45, 2.75) is 45.1 Å². The lowest BCUT2D eigenvalue weighted by atomic mass is 9.85. The van der Waals surface area contributed by atoms with E-state index in [2.05, 4.69) is 44.8 Å². The molecular weight excluding hydrogens is 313 g/mol. The monoisotopic (exact) mass is 331 g/mol. The second-order valence-corrected chi connectivity index (χ2v) is 5.74. The van der Waals surface area contributed by atoms with E-state index in [1.165, 1.54) is 32.1 Å². The van der Waals surface area contributed by atoms with Gasteiger partial charge in [0, 0.05) is 22.0 Å². The van der Waals surface area contributed by atoms with Crippen molar-refractivity contribution < 1.29 is 0 Å². The Morgan fingerprint density at radius 2 is 1.88 bits per heavy atom. The van der Waals surface area contributed by atoms with Gasteiger partial charge in [0.25, 0.3) is 0 Å². The molecule has 4 heteroatoms. The molecule has 0 unspecified atom stereocenters. The SMILES string of the molecule is CCC1CCC(Nc2ncc(I)cn2)CC1. The molecule has 0 aromatic carbocycles. The number of halogens is 1. The zero-order valence-corrected chi connectivity index (χ0v) is 11.8. The molecule has 16 heavy (non-hydrogen) atoms. The first kappa shape index (κ1) is 12.1. The van der Waals surface area contributed by atoms with Crippen LogP contribution in [0.5, 0.6) is 0 Å². The second kappa shape index (κ2) is 5.80. The van der Waals surface area contributed by atoms with E-state index >= 15 is 0 Å². The molecule has 0 aliphatic heterocycles. The Balaban J connectivity index is 1.84. The fraction of sp³-hybridized carbons (Fsp3) is 0.667. The maximum absolute atomic E-state index is 4.28. The maximum atomic E-state index is 4.28. The second-order valence-electron chi connectivity index (χ2n) is 4.50. The van der Waals surface area contributed by atoms with E-state index in [1.807, 2.05) is 12.4 Å². The van der Waals surface area contributed by atoms with Gasteiger partial charge in [0.1, 0.15) is 0 Å². The quantitative estimate of drug-likeness (QED) is 0.862. The van der Waals surface area contributed by atoms with E-state index in [4.69, 9.17) is 0 Å². The van der Waals surface area contributed by atoms with Gasteiger partial charge < -0.3 is 5.32 Å². The summed E-state index contributed by atoms with van der Waals surface area (Å²) < 4.78 is 1.08. The number of anilines is 1. The van der Waals surface area contributed by atoms with Crippen LogP contribution in [0, 0.1) is 9.49 Å². The smallest absolute Gasteiger partial charge is 0.222 e. The van der Waals surface area contributed by atoms with E-state index in [1.54, 1.807) is 0 Å². The third kappa shape index (κ3) is 3.30. The molecule has 0 bridgehead atoms. The molecule has 1 aromatic rings. The van der Waals surface area contributed by atoms with Crippen LogP contribution in [0.15, 0.2) is 12.4 Å². The maximum Gasteiger partial charge on any atom is 0.222 e. The van der Waals surface area contributed by atoms with Crippen LogP contribution in [-0.2, 0) is 0 Å². The van der Waals surface area contributed by atoms with Crippen molar-refractivity contribution in [1.82, 2.24) is 9.97 Å². The Kier molecular flexibility index (Phi) is 4.37. The summed E-state index contributed by atoms with van der Waals surface area (Å²) in [5.41, 5.74) is 0. The molecule has 88 valence electrons. The molecule has 1 fully saturated rings. The minimum atomic E-state index is 0.572. The van der Waals surface area contributed by atoms with Crippen LogP contribution in [0.25, 0.3) is 0 Å². The van der Waals surface area contributed by atoms with Gasteiger partial charge >= 0.3 is 0 Å². The molecule has 1 N–H and O–H groups in total. The average molecular weight is 331 g/mol. The van der Waals surface area contributed by atoms with Crippen molar-refractivity contribution in [2.75, 3.05) is 5.32 Å². The third-order valence-corrected chi connectivity index (χ3v) is 3.93. The number of aromatic nitrogens is 2. The average Bonchev–Trinajstić information content (AvgIpc) is 2.33. The molecule has 1 heterocycles. The summed E-state index contributed by atoms with van der Waals surface area (Å²) in [6.45, 7) is 2.29. The van der Waals surface area contributed by atoms with Crippen LogP contribution in [0.1, 0.15) is 39.0 Å². The normalized spacial score (nSPS) is 25.4. The highest BCUT2D eigenvalue weighted by molar-refractivity contribution is 14.1. The van der Waals surface area contributed by atoms with E-state index in [0.29, 0.717) is 6.04 Å². The number of nitrogens with zero attached hydrogens (tertiary/aromatic N) is 2. The Bertz CT molecular complexity index is 318. The molecule has 0 spiro atoms. The minimum Gasteiger partial charge on any atom is -0.351 e. The topological polar surface area (TPSA) is 37.8 Å². The van der Waals surface area contributed by atoms with Gasteiger partial charge in [0.05, 0.1) is 0 Å². The Labute approximate surface area is 111 Å².